The molecule has 3 rings (SSSR count). The zero-order valence-electron chi connectivity index (χ0n) is 11.9. The predicted molar refractivity (Wildman–Crippen MR) is 79.8 cm³/mol. The highest BCUT2D eigenvalue weighted by molar-refractivity contribution is 7.90. The third-order valence-electron chi connectivity index (χ3n) is 3.55. The molecule has 0 saturated carbocycles. The zero-order chi connectivity index (χ0) is 15.0. The first-order chi connectivity index (χ1) is 9.93. The van der Waals surface area contributed by atoms with Crippen LogP contribution in [-0.4, -0.2) is 41.1 Å². The van der Waals surface area contributed by atoms with E-state index in [4.69, 9.17) is 0 Å². The molecule has 0 saturated heterocycles. The summed E-state index contributed by atoms with van der Waals surface area (Å²) >= 11 is 1.65. The van der Waals surface area contributed by atoms with Crippen molar-refractivity contribution in [3.63, 3.8) is 0 Å². The standard InChI is InChI=1S/C13H16N4O2S2/c1-9-12(20-8-15-9)7-17-4-3-10-5-14-13(21(2,18)19)16-11(10)6-17/h5,8H,3-4,6-7H2,1-2H3. The van der Waals surface area contributed by atoms with E-state index < -0.39 is 9.84 Å². The molecule has 0 bridgehead atoms. The van der Waals surface area contributed by atoms with Gasteiger partial charge in [0.25, 0.3) is 0 Å². The van der Waals surface area contributed by atoms with E-state index >= 15 is 0 Å². The molecule has 1 aliphatic rings. The second kappa shape index (κ2) is 5.43. The Morgan fingerprint density at radius 1 is 1.38 bits per heavy atom. The number of nitrogens with zero attached hydrogens (tertiary/aromatic N) is 4. The van der Waals surface area contributed by atoms with Gasteiger partial charge < -0.3 is 0 Å². The molecule has 0 amide bonds. The van der Waals surface area contributed by atoms with Crippen LogP contribution in [0, 0.1) is 6.92 Å². The number of aryl methyl sites for hydroxylation is 1. The second-order valence-corrected chi connectivity index (χ2v) is 8.07. The van der Waals surface area contributed by atoms with Crippen molar-refractivity contribution in [2.75, 3.05) is 12.8 Å². The first kappa shape index (κ1) is 14.6. The van der Waals surface area contributed by atoms with Crippen LogP contribution in [0.1, 0.15) is 21.8 Å². The number of hydrogen-bond acceptors (Lipinski definition) is 7. The van der Waals surface area contributed by atoms with Gasteiger partial charge in [-0.25, -0.2) is 23.4 Å². The highest BCUT2D eigenvalue weighted by Crippen LogP contribution is 2.22. The van der Waals surface area contributed by atoms with Gasteiger partial charge in [0.1, 0.15) is 0 Å². The smallest absolute Gasteiger partial charge is 0.247 e. The molecule has 0 aromatic carbocycles. The summed E-state index contributed by atoms with van der Waals surface area (Å²) < 4.78 is 23.1. The molecule has 0 fully saturated rings. The monoisotopic (exact) mass is 324 g/mol. The fraction of sp³-hybridized carbons (Fsp3) is 0.462. The maximum atomic E-state index is 11.6. The molecule has 3 heterocycles. The summed E-state index contributed by atoms with van der Waals surface area (Å²) in [6.07, 6.45) is 3.63. The molecule has 0 radical (unpaired) electrons. The van der Waals surface area contributed by atoms with Gasteiger partial charge in [0.05, 0.1) is 16.9 Å². The van der Waals surface area contributed by atoms with Crippen LogP contribution in [0.4, 0.5) is 0 Å². The van der Waals surface area contributed by atoms with Crippen molar-refractivity contribution in [2.24, 2.45) is 0 Å². The summed E-state index contributed by atoms with van der Waals surface area (Å²) in [6.45, 7) is 4.41. The SMILES string of the molecule is Cc1ncsc1CN1CCc2cnc(S(C)(=O)=O)nc2C1. The molecule has 0 atom stereocenters. The Balaban J connectivity index is 1.82. The number of sulfone groups is 1. The van der Waals surface area contributed by atoms with Gasteiger partial charge in [0.15, 0.2) is 0 Å². The molecule has 112 valence electrons. The van der Waals surface area contributed by atoms with Crippen molar-refractivity contribution in [2.45, 2.75) is 31.6 Å². The molecular formula is C13H16N4O2S2. The van der Waals surface area contributed by atoms with Crippen LogP contribution in [0.2, 0.25) is 0 Å². The highest BCUT2D eigenvalue weighted by atomic mass is 32.2. The number of aromatic nitrogens is 3. The minimum atomic E-state index is -3.36. The van der Waals surface area contributed by atoms with Gasteiger partial charge in [0, 0.05) is 37.0 Å². The fourth-order valence-electron chi connectivity index (χ4n) is 2.33. The molecule has 8 heteroatoms. The first-order valence-corrected chi connectivity index (χ1v) is 9.37. The largest absolute Gasteiger partial charge is 0.292 e. The average Bonchev–Trinajstić information content (AvgIpc) is 2.82. The van der Waals surface area contributed by atoms with Gasteiger partial charge in [0.2, 0.25) is 15.0 Å². The van der Waals surface area contributed by atoms with E-state index in [0.29, 0.717) is 6.54 Å². The van der Waals surface area contributed by atoms with Crippen LogP contribution >= 0.6 is 11.3 Å². The summed E-state index contributed by atoms with van der Waals surface area (Å²) in [4.78, 5) is 16.0. The second-order valence-electron chi connectivity index (χ2n) is 5.22. The quantitative estimate of drug-likeness (QED) is 0.790. The van der Waals surface area contributed by atoms with Crippen molar-refractivity contribution in [1.29, 1.82) is 0 Å². The maximum absolute atomic E-state index is 11.6. The van der Waals surface area contributed by atoms with Crippen molar-refractivity contribution in [3.05, 3.63) is 33.5 Å². The van der Waals surface area contributed by atoms with E-state index in [9.17, 15) is 8.42 Å². The molecule has 0 N–H and O–H groups in total. The number of rotatable bonds is 3. The van der Waals surface area contributed by atoms with Crippen LogP contribution < -0.4 is 0 Å². The Morgan fingerprint density at radius 3 is 2.86 bits per heavy atom. The molecule has 0 aliphatic carbocycles. The van der Waals surface area contributed by atoms with Crippen LogP contribution in [0.5, 0.6) is 0 Å². The van der Waals surface area contributed by atoms with E-state index in [0.717, 1.165) is 42.7 Å². The van der Waals surface area contributed by atoms with Crippen molar-refractivity contribution in [3.8, 4) is 0 Å². The zero-order valence-corrected chi connectivity index (χ0v) is 13.5. The first-order valence-electron chi connectivity index (χ1n) is 6.59. The molecule has 2 aromatic rings. The van der Waals surface area contributed by atoms with Gasteiger partial charge >= 0.3 is 0 Å². The van der Waals surface area contributed by atoms with E-state index in [1.807, 2.05) is 12.4 Å². The van der Waals surface area contributed by atoms with E-state index in [2.05, 4.69) is 19.9 Å². The van der Waals surface area contributed by atoms with Gasteiger partial charge in [-0.2, -0.15) is 0 Å². The predicted octanol–water partition coefficient (Wildman–Crippen LogP) is 1.20. The van der Waals surface area contributed by atoms with Crippen LogP contribution in [0.15, 0.2) is 16.9 Å². The topological polar surface area (TPSA) is 76.1 Å². The van der Waals surface area contributed by atoms with Crippen molar-refractivity contribution >= 4 is 21.2 Å². The third-order valence-corrected chi connectivity index (χ3v) is 5.33. The maximum Gasteiger partial charge on any atom is 0.247 e. The number of hydrogen-bond donors (Lipinski definition) is 0. The normalized spacial score (nSPS) is 15.9. The number of thiazole rings is 1. The van der Waals surface area contributed by atoms with Crippen LogP contribution in [0.25, 0.3) is 0 Å². The minimum Gasteiger partial charge on any atom is -0.292 e. The van der Waals surface area contributed by atoms with Crippen molar-refractivity contribution in [1.82, 2.24) is 19.9 Å². The molecule has 0 spiro atoms. The lowest BCUT2D eigenvalue weighted by atomic mass is 10.1. The summed E-state index contributed by atoms with van der Waals surface area (Å²) in [5.74, 6) is 0. The summed E-state index contributed by atoms with van der Waals surface area (Å²) in [6, 6.07) is 0. The Hall–Kier alpha value is -1.38. The molecule has 6 nitrogen and oxygen atoms in total. The number of fused-ring (bicyclic) bond motifs is 1. The highest BCUT2D eigenvalue weighted by Gasteiger charge is 2.21. The average molecular weight is 324 g/mol. The van der Waals surface area contributed by atoms with Crippen molar-refractivity contribution < 1.29 is 8.42 Å². The molecular weight excluding hydrogens is 308 g/mol. The minimum absolute atomic E-state index is 0.0860. The third kappa shape index (κ3) is 3.12. The fourth-order valence-corrected chi connectivity index (χ4v) is 3.67. The molecule has 0 unspecified atom stereocenters. The van der Waals surface area contributed by atoms with Gasteiger partial charge in [-0.3, -0.25) is 4.90 Å². The Labute approximate surface area is 127 Å². The summed E-state index contributed by atoms with van der Waals surface area (Å²) in [5.41, 5.74) is 4.77. The van der Waals surface area contributed by atoms with Gasteiger partial charge in [-0.05, 0) is 18.9 Å². The Kier molecular flexibility index (Phi) is 3.76. The lowest BCUT2D eigenvalue weighted by molar-refractivity contribution is 0.241. The van der Waals surface area contributed by atoms with Gasteiger partial charge in [-0.1, -0.05) is 0 Å². The molecule has 21 heavy (non-hydrogen) atoms. The van der Waals surface area contributed by atoms with Crippen LogP contribution in [-0.2, 0) is 29.3 Å². The van der Waals surface area contributed by atoms with E-state index in [-0.39, 0.29) is 5.16 Å². The lowest BCUT2D eigenvalue weighted by Crippen LogP contribution is -2.31. The van der Waals surface area contributed by atoms with Crippen LogP contribution in [0.3, 0.4) is 0 Å². The summed E-state index contributed by atoms with van der Waals surface area (Å²) in [5, 5.41) is -0.0860. The molecule has 2 aromatic heterocycles. The van der Waals surface area contributed by atoms with E-state index in [1.165, 1.54) is 4.88 Å². The summed E-state index contributed by atoms with van der Waals surface area (Å²) in [7, 11) is -3.36. The van der Waals surface area contributed by atoms with Gasteiger partial charge in [-0.15, -0.1) is 11.3 Å². The van der Waals surface area contributed by atoms with E-state index in [1.54, 1.807) is 17.5 Å². The Bertz CT molecular complexity index is 770. The Morgan fingerprint density at radius 2 is 2.19 bits per heavy atom. The lowest BCUT2D eigenvalue weighted by Gasteiger charge is -2.27. The molecule has 1 aliphatic heterocycles.